The van der Waals surface area contributed by atoms with E-state index in [4.69, 9.17) is 4.74 Å². The van der Waals surface area contributed by atoms with Gasteiger partial charge in [0.15, 0.2) is 5.82 Å². The van der Waals surface area contributed by atoms with Crippen LogP contribution in [0.5, 0.6) is 5.88 Å². The average Bonchev–Trinajstić information content (AvgIpc) is 2.60. The summed E-state index contributed by atoms with van der Waals surface area (Å²) in [6, 6.07) is 9.55. The van der Waals surface area contributed by atoms with Crippen LogP contribution in [0.2, 0.25) is 0 Å². The van der Waals surface area contributed by atoms with Crippen molar-refractivity contribution in [2.75, 3.05) is 33.1 Å². The number of benzene rings is 1. The molecule has 2 rings (SSSR count). The summed E-state index contributed by atoms with van der Waals surface area (Å²) in [6.07, 6.45) is 0. The Morgan fingerprint density at radius 3 is 2.46 bits per heavy atom. The molecule has 0 saturated heterocycles. The van der Waals surface area contributed by atoms with E-state index in [1.54, 1.807) is 25.1 Å². The minimum atomic E-state index is -0.612. The van der Waals surface area contributed by atoms with Gasteiger partial charge < -0.3 is 15.0 Å². The maximum absolute atomic E-state index is 14.3. The molecule has 0 bridgehead atoms. The second-order valence-electron chi connectivity index (χ2n) is 5.58. The number of nitrogens with one attached hydrogen (secondary N) is 1. The van der Waals surface area contributed by atoms with Gasteiger partial charge in [0.05, 0.1) is 13.7 Å². The third kappa shape index (κ3) is 3.77. The van der Waals surface area contributed by atoms with E-state index >= 15 is 0 Å². The molecule has 1 N–H and O–H groups in total. The number of nitriles is 2. The molecule has 2 aromatic rings. The van der Waals surface area contributed by atoms with Gasteiger partial charge in [0, 0.05) is 11.1 Å². The first kappa shape index (κ1) is 18.8. The first-order valence-electron chi connectivity index (χ1n) is 7.54. The van der Waals surface area contributed by atoms with Gasteiger partial charge in [-0.1, -0.05) is 18.2 Å². The van der Waals surface area contributed by atoms with E-state index in [2.05, 4.69) is 10.3 Å². The van der Waals surface area contributed by atoms with Crippen LogP contribution in [0.3, 0.4) is 0 Å². The number of likely N-dealkylation sites (N-methyl/N-ethyl adjacent to an activating group) is 1. The Kier molecular flexibility index (Phi) is 5.84. The molecule has 0 fully saturated rings. The number of nitrogens with zero attached hydrogens (tertiary/aromatic N) is 4. The zero-order valence-corrected chi connectivity index (χ0v) is 14.5. The van der Waals surface area contributed by atoms with Gasteiger partial charge in [-0.25, -0.2) is 4.39 Å². The van der Waals surface area contributed by atoms with E-state index in [-0.39, 0.29) is 40.5 Å². The molecule has 8 heteroatoms. The largest absolute Gasteiger partial charge is 0.480 e. The van der Waals surface area contributed by atoms with E-state index in [1.807, 2.05) is 12.1 Å². The van der Waals surface area contributed by atoms with Crippen molar-refractivity contribution in [3.8, 4) is 29.1 Å². The summed E-state index contributed by atoms with van der Waals surface area (Å²) in [5, 5.41) is 21.6. The molecule has 0 aliphatic carbocycles. The zero-order chi connectivity index (χ0) is 19.3. The molecule has 0 aliphatic rings. The summed E-state index contributed by atoms with van der Waals surface area (Å²) in [6.45, 7) is 0.0594. The number of aromatic nitrogens is 1. The van der Waals surface area contributed by atoms with Gasteiger partial charge in [0.1, 0.15) is 29.1 Å². The van der Waals surface area contributed by atoms with Crippen LogP contribution < -0.4 is 10.1 Å². The Morgan fingerprint density at radius 2 is 1.92 bits per heavy atom. The van der Waals surface area contributed by atoms with Gasteiger partial charge >= 0.3 is 0 Å². The van der Waals surface area contributed by atoms with Crippen LogP contribution >= 0.6 is 0 Å². The van der Waals surface area contributed by atoms with Crippen LogP contribution in [0.25, 0.3) is 11.1 Å². The van der Waals surface area contributed by atoms with E-state index in [0.29, 0.717) is 0 Å². The van der Waals surface area contributed by atoms with E-state index in [0.717, 1.165) is 0 Å². The van der Waals surface area contributed by atoms with Gasteiger partial charge in [0.2, 0.25) is 11.8 Å². The van der Waals surface area contributed by atoms with Gasteiger partial charge in [-0.2, -0.15) is 15.5 Å². The Hall–Kier alpha value is -3.49. The lowest BCUT2D eigenvalue weighted by Crippen LogP contribution is -2.28. The average molecular weight is 353 g/mol. The second-order valence-corrected chi connectivity index (χ2v) is 5.58. The lowest BCUT2D eigenvalue weighted by molar-refractivity contribution is -0.116. The molecular weight excluding hydrogens is 337 g/mol. The molecule has 1 aromatic carbocycles. The van der Waals surface area contributed by atoms with E-state index < -0.39 is 11.7 Å². The molecule has 0 aliphatic heterocycles. The maximum Gasteiger partial charge on any atom is 0.239 e. The molecule has 7 nitrogen and oxygen atoms in total. The molecule has 132 valence electrons. The number of anilines is 1. The topological polar surface area (TPSA) is 102 Å². The fourth-order valence-electron chi connectivity index (χ4n) is 2.41. The molecule has 0 unspecified atom stereocenters. The number of pyridine rings is 1. The standard InChI is InChI=1S/C18H16FN5O2/c1-24(2)10-15(25)22-17-12(8-20)16(11-6-4-5-7-14(11)19)13(9-21)18(23-17)26-3/h4-7H,10H2,1-3H3,(H,22,23,25). The normalized spacial score (nSPS) is 10.1. The molecule has 0 spiro atoms. The number of amides is 1. The summed E-state index contributed by atoms with van der Waals surface area (Å²) < 4.78 is 19.4. The van der Waals surface area contributed by atoms with Gasteiger partial charge in [-0.3, -0.25) is 4.79 Å². The maximum atomic E-state index is 14.3. The highest BCUT2D eigenvalue weighted by Crippen LogP contribution is 2.37. The Labute approximate surface area is 150 Å². The number of halogens is 1. The summed E-state index contributed by atoms with van der Waals surface area (Å²) in [5.74, 6) is -1.22. The monoisotopic (exact) mass is 353 g/mol. The SMILES string of the molecule is COc1nc(NC(=O)CN(C)C)c(C#N)c(-c2ccccc2F)c1C#N. The second kappa shape index (κ2) is 8.06. The molecule has 0 atom stereocenters. The summed E-state index contributed by atoms with van der Waals surface area (Å²) >= 11 is 0. The van der Waals surface area contributed by atoms with Crippen molar-refractivity contribution in [3.05, 3.63) is 41.2 Å². The molecule has 0 saturated carbocycles. The van der Waals surface area contributed by atoms with Crippen molar-refractivity contribution in [1.29, 1.82) is 10.5 Å². The van der Waals surface area contributed by atoms with E-state index in [1.165, 1.54) is 25.3 Å². The Balaban J connectivity index is 2.75. The van der Waals surface area contributed by atoms with Crippen LogP contribution in [0, 0.1) is 28.5 Å². The number of carbonyl (C=O) groups is 1. The highest BCUT2D eigenvalue weighted by atomic mass is 19.1. The first-order valence-corrected chi connectivity index (χ1v) is 7.54. The molecule has 1 aromatic heterocycles. The quantitative estimate of drug-likeness (QED) is 0.883. The summed E-state index contributed by atoms with van der Waals surface area (Å²) in [4.78, 5) is 17.8. The predicted molar refractivity (Wildman–Crippen MR) is 92.8 cm³/mol. The Morgan fingerprint density at radius 1 is 1.27 bits per heavy atom. The highest BCUT2D eigenvalue weighted by Gasteiger charge is 2.24. The summed E-state index contributed by atoms with van der Waals surface area (Å²) in [7, 11) is 4.72. The van der Waals surface area contributed by atoms with Crippen LogP contribution in [0.1, 0.15) is 11.1 Å². The van der Waals surface area contributed by atoms with Gasteiger partial charge in [-0.05, 0) is 20.2 Å². The van der Waals surface area contributed by atoms with E-state index in [9.17, 15) is 19.7 Å². The third-order valence-corrected chi connectivity index (χ3v) is 3.44. The van der Waals surface area contributed by atoms with Crippen LogP contribution in [-0.4, -0.2) is 43.5 Å². The lowest BCUT2D eigenvalue weighted by atomic mass is 9.96. The van der Waals surface area contributed by atoms with Crippen molar-refractivity contribution in [1.82, 2.24) is 9.88 Å². The molecule has 1 heterocycles. The van der Waals surface area contributed by atoms with Crippen molar-refractivity contribution in [2.45, 2.75) is 0 Å². The lowest BCUT2D eigenvalue weighted by Gasteiger charge is -2.16. The minimum absolute atomic E-state index is 0.0279. The number of hydrogen-bond donors (Lipinski definition) is 1. The van der Waals surface area contributed by atoms with Crippen LogP contribution in [0.4, 0.5) is 10.2 Å². The molecule has 26 heavy (non-hydrogen) atoms. The van der Waals surface area contributed by atoms with Gasteiger partial charge in [-0.15, -0.1) is 0 Å². The van der Waals surface area contributed by atoms with Crippen molar-refractivity contribution < 1.29 is 13.9 Å². The number of rotatable bonds is 5. The third-order valence-electron chi connectivity index (χ3n) is 3.44. The summed E-state index contributed by atoms with van der Waals surface area (Å²) in [5.41, 5.74) is -0.121. The number of hydrogen-bond acceptors (Lipinski definition) is 6. The molecule has 1 amide bonds. The fraction of sp³-hybridized carbons (Fsp3) is 0.222. The smallest absolute Gasteiger partial charge is 0.239 e. The minimum Gasteiger partial charge on any atom is -0.480 e. The van der Waals surface area contributed by atoms with Crippen LogP contribution in [-0.2, 0) is 4.79 Å². The van der Waals surface area contributed by atoms with Crippen molar-refractivity contribution in [3.63, 3.8) is 0 Å². The Bertz CT molecular complexity index is 928. The number of carbonyl (C=O) groups excluding carboxylic acids is 1. The number of ether oxygens (including phenoxy) is 1. The predicted octanol–water partition coefficient (Wildman–Crippen LogP) is 2.14. The number of methoxy groups -OCH3 is 1. The fourth-order valence-corrected chi connectivity index (χ4v) is 2.41. The van der Waals surface area contributed by atoms with Crippen molar-refractivity contribution in [2.24, 2.45) is 0 Å². The molecule has 0 radical (unpaired) electrons. The van der Waals surface area contributed by atoms with Gasteiger partial charge in [0.25, 0.3) is 0 Å². The van der Waals surface area contributed by atoms with Crippen LogP contribution in [0.15, 0.2) is 24.3 Å². The zero-order valence-electron chi connectivity index (χ0n) is 14.5. The first-order chi connectivity index (χ1) is 12.4. The van der Waals surface area contributed by atoms with Crippen molar-refractivity contribution >= 4 is 11.7 Å². The highest BCUT2D eigenvalue weighted by molar-refractivity contribution is 5.95. The molecular formula is C18H16FN5O2.